The van der Waals surface area contributed by atoms with Crippen molar-refractivity contribution in [1.29, 1.82) is 0 Å². The number of carbonyl (C=O) groups is 1. The zero-order valence-electron chi connectivity index (χ0n) is 23.2. The van der Waals surface area contributed by atoms with Gasteiger partial charge in [-0.25, -0.2) is 0 Å². The van der Waals surface area contributed by atoms with Crippen LogP contribution in [0.25, 0.3) is 5.57 Å². The van der Waals surface area contributed by atoms with E-state index >= 15 is 0 Å². The van der Waals surface area contributed by atoms with Crippen LogP contribution in [0.2, 0.25) is 5.02 Å². The molecular formula is C33H38ClN3O3. The summed E-state index contributed by atoms with van der Waals surface area (Å²) in [6.45, 7) is 5.88. The second kappa shape index (κ2) is 13.4. The van der Waals surface area contributed by atoms with Crippen molar-refractivity contribution in [2.45, 2.75) is 51.5 Å². The topological polar surface area (TPSA) is 77.7 Å². The molecule has 0 spiro atoms. The molecule has 0 radical (unpaired) electrons. The number of likely N-dealkylation sites (tertiary alicyclic amines) is 1. The summed E-state index contributed by atoms with van der Waals surface area (Å²) >= 11 is 6.37. The standard InChI is InChI=1S/C33H38ClN3O3/c1-2-39-33(38)30(35)21-23-6-11-28(12-7-23)40-20-4-17-37-18-14-24(15-19-37)31-29-13-10-27(34)22-26(29)9-8-25-5-3-16-36-32(25)31/h3,5-7,10-13,16,22,30H,2,4,8-9,14-15,17-21,35H2,1H3/t30-/m0/s1. The Morgan fingerprint density at radius 2 is 1.82 bits per heavy atom. The molecule has 7 heteroatoms. The van der Waals surface area contributed by atoms with Gasteiger partial charge in [0.15, 0.2) is 0 Å². The van der Waals surface area contributed by atoms with E-state index in [9.17, 15) is 4.79 Å². The molecule has 1 saturated heterocycles. The Morgan fingerprint density at radius 3 is 2.60 bits per heavy atom. The summed E-state index contributed by atoms with van der Waals surface area (Å²) in [5.41, 5.74) is 14.8. The molecular weight excluding hydrogens is 522 g/mol. The minimum atomic E-state index is -0.644. The van der Waals surface area contributed by atoms with E-state index in [1.165, 1.54) is 27.8 Å². The number of halogens is 1. The first-order valence-corrected chi connectivity index (χ1v) is 14.7. The Hall–Kier alpha value is -3.19. The van der Waals surface area contributed by atoms with Crippen LogP contribution in [0.15, 0.2) is 66.4 Å². The third-order valence-corrected chi connectivity index (χ3v) is 8.03. The van der Waals surface area contributed by atoms with Crippen molar-refractivity contribution in [3.8, 4) is 5.75 Å². The zero-order valence-corrected chi connectivity index (χ0v) is 24.0. The number of aromatic nitrogens is 1. The van der Waals surface area contributed by atoms with Crippen molar-refractivity contribution in [1.82, 2.24) is 9.88 Å². The van der Waals surface area contributed by atoms with Crippen LogP contribution in [0.3, 0.4) is 0 Å². The second-order valence-corrected chi connectivity index (χ2v) is 11.0. The monoisotopic (exact) mass is 559 g/mol. The molecule has 1 aliphatic heterocycles. The lowest BCUT2D eigenvalue weighted by molar-refractivity contribution is -0.144. The summed E-state index contributed by atoms with van der Waals surface area (Å²) in [7, 11) is 0. The average Bonchev–Trinajstić information content (AvgIpc) is 3.13. The van der Waals surface area contributed by atoms with Gasteiger partial charge < -0.3 is 20.1 Å². The Bertz CT molecular complexity index is 1350. The molecule has 2 N–H and O–H groups in total. The van der Waals surface area contributed by atoms with E-state index in [0.717, 1.165) is 73.8 Å². The van der Waals surface area contributed by atoms with Crippen LogP contribution >= 0.6 is 11.6 Å². The quantitative estimate of drug-likeness (QED) is 0.270. The van der Waals surface area contributed by atoms with Gasteiger partial charge in [0.05, 0.1) is 18.9 Å². The summed E-state index contributed by atoms with van der Waals surface area (Å²) in [6, 6.07) is 17.7. The Kier molecular flexibility index (Phi) is 9.53. The van der Waals surface area contributed by atoms with Crippen LogP contribution in [0, 0.1) is 0 Å². The molecule has 2 heterocycles. The average molecular weight is 560 g/mol. The lowest BCUT2D eigenvalue weighted by Crippen LogP contribution is -2.34. The van der Waals surface area contributed by atoms with E-state index in [2.05, 4.69) is 23.1 Å². The predicted octanol–water partition coefficient (Wildman–Crippen LogP) is 5.63. The summed E-state index contributed by atoms with van der Waals surface area (Å²) in [4.78, 5) is 19.1. The minimum Gasteiger partial charge on any atom is -0.494 e. The fraction of sp³-hybridized carbons (Fsp3) is 0.394. The van der Waals surface area contributed by atoms with E-state index < -0.39 is 6.04 Å². The maximum Gasteiger partial charge on any atom is 0.323 e. The molecule has 210 valence electrons. The van der Waals surface area contributed by atoms with Crippen molar-refractivity contribution < 1.29 is 14.3 Å². The van der Waals surface area contributed by atoms with Gasteiger partial charge in [-0.15, -0.1) is 0 Å². The van der Waals surface area contributed by atoms with E-state index in [1.807, 2.05) is 42.6 Å². The van der Waals surface area contributed by atoms with Crippen LogP contribution in [0.1, 0.15) is 54.1 Å². The molecule has 6 nitrogen and oxygen atoms in total. The number of hydrogen-bond donors (Lipinski definition) is 1. The summed E-state index contributed by atoms with van der Waals surface area (Å²) < 4.78 is 11.0. The third-order valence-electron chi connectivity index (χ3n) is 7.80. The number of carbonyl (C=O) groups excluding carboxylic acids is 1. The van der Waals surface area contributed by atoms with Crippen molar-refractivity contribution in [2.75, 3.05) is 32.8 Å². The molecule has 0 unspecified atom stereocenters. The molecule has 0 bridgehead atoms. The molecule has 0 saturated carbocycles. The molecule has 40 heavy (non-hydrogen) atoms. The highest BCUT2D eigenvalue weighted by molar-refractivity contribution is 6.30. The number of ether oxygens (including phenoxy) is 2. The lowest BCUT2D eigenvalue weighted by atomic mass is 9.88. The van der Waals surface area contributed by atoms with Gasteiger partial charge in [-0.1, -0.05) is 41.4 Å². The zero-order chi connectivity index (χ0) is 27.9. The lowest BCUT2D eigenvalue weighted by Gasteiger charge is -2.30. The van der Waals surface area contributed by atoms with Gasteiger partial charge in [-0.2, -0.15) is 0 Å². The van der Waals surface area contributed by atoms with Crippen LogP contribution in [-0.4, -0.2) is 54.7 Å². The third kappa shape index (κ3) is 6.92. The SMILES string of the molecule is CCOC(=O)[C@@H](N)Cc1ccc(OCCCN2CCC(=C3c4ccc(Cl)cc4CCc4cccnc43)CC2)cc1. The molecule has 0 amide bonds. The number of fused-ring (bicyclic) bond motifs is 2. The minimum absolute atomic E-state index is 0.339. The number of nitrogens with zero attached hydrogens (tertiary/aromatic N) is 2. The summed E-state index contributed by atoms with van der Waals surface area (Å²) in [6.07, 6.45) is 7.40. The second-order valence-electron chi connectivity index (χ2n) is 10.5. The molecule has 1 atom stereocenters. The number of esters is 1. The summed E-state index contributed by atoms with van der Waals surface area (Å²) in [5, 5.41) is 0.799. The normalized spacial score (nSPS) is 16.1. The van der Waals surface area contributed by atoms with Gasteiger partial charge in [0.1, 0.15) is 11.8 Å². The van der Waals surface area contributed by atoms with Crippen LogP contribution in [0.5, 0.6) is 5.75 Å². The van der Waals surface area contributed by atoms with Gasteiger partial charge in [0.2, 0.25) is 0 Å². The van der Waals surface area contributed by atoms with Gasteiger partial charge >= 0.3 is 5.97 Å². The first kappa shape index (κ1) is 28.3. The maximum absolute atomic E-state index is 11.8. The maximum atomic E-state index is 11.8. The van der Waals surface area contributed by atoms with Crippen molar-refractivity contribution in [3.05, 3.63) is 99.3 Å². The van der Waals surface area contributed by atoms with Crippen LogP contribution < -0.4 is 10.5 Å². The molecule has 5 rings (SSSR count). The van der Waals surface area contributed by atoms with E-state index in [4.69, 9.17) is 31.8 Å². The fourth-order valence-electron chi connectivity index (χ4n) is 5.72. The number of rotatable bonds is 9. The van der Waals surface area contributed by atoms with Gasteiger partial charge in [0, 0.05) is 36.4 Å². The number of hydrogen-bond acceptors (Lipinski definition) is 6. The number of nitrogens with two attached hydrogens (primary N) is 1. The number of piperidine rings is 1. The van der Waals surface area contributed by atoms with E-state index in [0.29, 0.717) is 19.6 Å². The predicted molar refractivity (Wildman–Crippen MR) is 160 cm³/mol. The van der Waals surface area contributed by atoms with Crippen LogP contribution in [0.4, 0.5) is 0 Å². The van der Waals surface area contributed by atoms with Gasteiger partial charge in [0.25, 0.3) is 0 Å². The first-order chi connectivity index (χ1) is 19.5. The molecule has 1 fully saturated rings. The highest BCUT2D eigenvalue weighted by Crippen LogP contribution is 2.38. The Morgan fingerprint density at radius 1 is 1.05 bits per heavy atom. The molecule has 2 aromatic carbocycles. The smallest absolute Gasteiger partial charge is 0.323 e. The molecule has 3 aromatic rings. The molecule has 1 aliphatic carbocycles. The fourth-order valence-corrected chi connectivity index (χ4v) is 5.91. The number of pyridine rings is 1. The van der Waals surface area contributed by atoms with Crippen LogP contribution in [-0.2, 0) is 28.8 Å². The number of benzene rings is 2. The van der Waals surface area contributed by atoms with Gasteiger partial charge in [-0.3, -0.25) is 9.78 Å². The largest absolute Gasteiger partial charge is 0.494 e. The Labute approximate surface area is 242 Å². The molecule has 1 aromatic heterocycles. The summed E-state index contributed by atoms with van der Waals surface area (Å²) in [5.74, 6) is 0.465. The van der Waals surface area contributed by atoms with Crippen molar-refractivity contribution in [2.24, 2.45) is 5.73 Å². The van der Waals surface area contributed by atoms with Crippen molar-refractivity contribution in [3.63, 3.8) is 0 Å². The first-order valence-electron chi connectivity index (χ1n) is 14.3. The van der Waals surface area contributed by atoms with Crippen molar-refractivity contribution >= 4 is 23.1 Å². The number of aryl methyl sites for hydroxylation is 2. The van der Waals surface area contributed by atoms with E-state index in [1.54, 1.807) is 6.92 Å². The molecule has 2 aliphatic rings. The Balaban J connectivity index is 1.14. The van der Waals surface area contributed by atoms with Gasteiger partial charge in [-0.05, 0) is 98.0 Å². The van der Waals surface area contributed by atoms with E-state index in [-0.39, 0.29) is 5.97 Å². The highest BCUT2D eigenvalue weighted by Gasteiger charge is 2.25. The highest BCUT2D eigenvalue weighted by atomic mass is 35.5.